The molecule has 1 N–H and O–H groups in total. The Labute approximate surface area is 75.6 Å². The van der Waals surface area contributed by atoms with Crippen LogP contribution < -0.4 is 0 Å². The molecule has 0 aliphatic carbocycles. The van der Waals surface area contributed by atoms with E-state index in [1.54, 1.807) is 12.1 Å². The zero-order valence-electron chi connectivity index (χ0n) is 5.74. The Bertz CT molecular complexity index is 211. The van der Waals surface area contributed by atoms with Crippen molar-refractivity contribution in [2.24, 2.45) is 0 Å². The Morgan fingerprint density at radius 3 is 2.09 bits per heavy atom. The standard InChI is InChI=1S/C8H8Cl2O/c9-8(10)7(11)6-4-2-1-3-5-6/h1-5,7-8,11H. The van der Waals surface area contributed by atoms with E-state index in [9.17, 15) is 5.11 Å². The van der Waals surface area contributed by atoms with Crippen molar-refractivity contribution in [1.82, 2.24) is 0 Å². The third-order valence-electron chi connectivity index (χ3n) is 1.38. The van der Waals surface area contributed by atoms with E-state index >= 15 is 0 Å². The van der Waals surface area contributed by atoms with Gasteiger partial charge in [-0.3, -0.25) is 0 Å². The number of hydrogen-bond donors (Lipinski definition) is 1. The van der Waals surface area contributed by atoms with Crippen molar-refractivity contribution in [2.45, 2.75) is 10.9 Å². The first-order valence-electron chi connectivity index (χ1n) is 3.23. The third-order valence-corrected chi connectivity index (χ3v) is 1.86. The summed E-state index contributed by atoms with van der Waals surface area (Å²) >= 11 is 11.0. The van der Waals surface area contributed by atoms with Crippen LogP contribution in [0.1, 0.15) is 11.7 Å². The average Bonchev–Trinajstić information content (AvgIpc) is 2.05. The summed E-state index contributed by atoms with van der Waals surface area (Å²) < 4.78 is 0. The normalized spacial score (nSPS) is 13.5. The summed E-state index contributed by atoms with van der Waals surface area (Å²) in [5, 5.41) is 9.33. The molecule has 1 rings (SSSR count). The molecule has 0 radical (unpaired) electrons. The summed E-state index contributed by atoms with van der Waals surface area (Å²) in [5.74, 6) is 0. The van der Waals surface area contributed by atoms with Crippen LogP contribution in [0.5, 0.6) is 0 Å². The van der Waals surface area contributed by atoms with Crippen LogP contribution in [0.3, 0.4) is 0 Å². The maximum Gasteiger partial charge on any atom is 0.137 e. The highest BCUT2D eigenvalue weighted by atomic mass is 35.5. The molecule has 60 valence electrons. The second-order valence-electron chi connectivity index (χ2n) is 2.19. The lowest BCUT2D eigenvalue weighted by Crippen LogP contribution is -2.05. The number of aliphatic hydroxyl groups excluding tert-OH is 1. The van der Waals surface area contributed by atoms with Gasteiger partial charge in [-0.1, -0.05) is 30.3 Å². The Morgan fingerprint density at radius 1 is 1.09 bits per heavy atom. The molecule has 1 atom stereocenters. The molecular weight excluding hydrogens is 183 g/mol. The van der Waals surface area contributed by atoms with Crippen molar-refractivity contribution in [3.63, 3.8) is 0 Å². The SMILES string of the molecule is OC(c1ccccc1)C(Cl)Cl. The Morgan fingerprint density at radius 2 is 1.64 bits per heavy atom. The smallest absolute Gasteiger partial charge is 0.137 e. The number of aliphatic hydroxyl groups is 1. The van der Waals surface area contributed by atoms with Crippen LogP contribution in [0.4, 0.5) is 0 Å². The first-order valence-corrected chi connectivity index (χ1v) is 4.10. The fraction of sp³-hybridized carbons (Fsp3) is 0.250. The lowest BCUT2D eigenvalue weighted by atomic mass is 10.1. The second kappa shape index (κ2) is 3.96. The van der Waals surface area contributed by atoms with E-state index < -0.39 is 10.9 Å². The summed E-state index contributed by atoms with van der Waals surface area (Å²) in [5.41, 5.74) is 0.738. The molecule has 1 unspecified atom stereocenters. The number of hydrogen-bond acceptors (Lipinski definition) is 1. The van der Waals surface area contributed by atoms with Crippen molar-refractivity contribution in [3.8, 4) is 0 Å². The van der Waals surface area contributed by atoms with Crippen molar-refractivity contribution in [2.75, 3.05) is 0 Å². The van der Waals surface area contributed by atoms with Crippen molar-refractivity contribution in [3.05, 3.63) is 35.9 Å². The van der Waals surface area contributed by atoms with Gasteiger partial charge >= 0.3 is 0 Å². The van der Waals surface area contributed by atoms with Gasteiger partial charge in [-0.05, 0) is 5.56 Å². The average molecular weight is 191 g/mol. The molecule has 0 aliphatic rings. The van der Waals surface area contributed by atoms with Crippen LogP contribution in [0.15, 0.2) is 30.3 Å². The summed E-state index contributed by atoms with van der Waals surface area (Å²) in [4.78, 5) is -0.766. The highest BCUT2D eigenvalue weighted by Crippen LogP contribution is 2.22. The largest absolute Gasteiger partial charge is 0.386 e. The zero-order valence-corrected chi connectivity index (χ0v) is 7.26. The minimum atomic E-state index is -0.792. The van der Waals surface area contributed by atoms with Gasteiger partial charge in [0, 0.05) is 0 Å². The first-order chi connectivity index (χ1) is 5.22. The maximum atomic E-state index is 9.33. The quantitative estimate of drug-likeness (QED) is 0.712. The Hall–Kier alpha value is -0.240. The van der Waals surface area contributed by atoms with E-state index in [1.807, 2.05) is 18.2 Å². The van der Waals surface area contributed by atoms with Crippen molar-refractivity contribution < 1.29 is 5.11 Å². The van der Waals surface area contributed by atoms with Crippen LogP contribution >= 0.6 is 23.2 Å². The van der Waals surface area contributed by atoms with Gasteiger partial charge in [0.05, 0.1) is 0 Å². The van der Waals surface area contributed by atoms with Crippen LogP contribution in [0.2, 0.25) is 0 Å². The molecule has 0 spiro atoms. The fourth-order valence-corrected chi connectivity index (χ4v) is 1.09. The minimum Gasteiger partial charge on any atom is -0.386 e. The van der Waals surface area contributed by atoms with E-state index in [4.69, 9.17) is 23.2 Å². The molecule has 0 bridgehead atoms. The van der Waals surface area contributed by atoms with Crippen LogP contribution in [0, 0.1) is 0 Å². The molecule has 0 aromatic heterocycles. The van der Waals surface area contributed by atoms with E-state index in [0.717, 1.165) is 5.56 Å². The molecule has 0 heterocycles. The van der Waals surface area contributed by atoms with Gasteiger partial charge < -0.3 is 5.11 Å². The maximum absolute atomic E-state index is 9.33. The first kappa shape index (κ1) is 8.85. The Balaban J connectivity index is 2.77. The predicted octanol–water partition coefficient (Wildman–Crippen LogP) is 2.52. The van der Waals surface area contributed by atoms with Gasteiger partial charge in [-0.15, -0.1) is 23.2 Å². The summed E-state index contributed by atoms with van der Waals surface area (Å²) in [6.45, 7) is 0. The zero-order chi connectivity index (χ0) is 8.27. The van der Waals surface area contributed by atoms with Crippen LogP contribution in [0.25, 0.3) is 0 Å². The number of halogens is 2. The fourth-order valence-electron chi connectivity index (χ4n) is 0.796. The van der Waals surface area contributed by atoms with E-state index in [-0.39, 0.29) is 0 Å². The Kier molecular flexibility index (Phi) is 3.18. The van der Waals surface area contributed by atoms with E-state index in [2.05, 4.69) is 0 Å². The summed E-state index contributed by atoms with van der Waals surface area (Å²) in [6, 6.07) is 9.09. The highest BCUT2D eigenvalue weighted by Gasteiger charge is 2.14. The van der Waals surface area contributed by atoms with Crippen LogP contribution in [-0.4, -0.2) is 9.94 Å². The molecule has 0 fully saturated rings. The van der Waals surface area contributed by atoms with Crippen LogP contribution in [-0.2, 0) is 0 Å². The number of rotatable bonds is 2. The molecule has 0 aliphatic heterocycles. The monoisotopic (exact) mass is 190 g/mol. The molecule has 0 amide bonds. The summed E-state index contributed by atoms with van der Waals surface area (Å²) in [7, 11) is 0. The molecule has 1 nitrogen and oxygen atoms in total. The molecule has 3 heteroatoms. The van der Waals surface area contributed by atoms with Crippen molar-refractivity contribution in [1.29, 1.82) is 0 Å². The third kappa shape index (κ3) is 2.37. The molecule has 11 heavy (non-hydrogen) atoms. The molecule has 1 aromatic rings. The van der Waals surface area contributed by atoms with Gasteiger partial charge in [0.2, 0.25) is 0 Å². The lowest BCUT2D eigenvalue weighted by Gasteiger charge is -2.10. The van der Waals surface area contributed by atoms with Gasteiger partial charge in [0.1, 0.15) is 10.9 Å². The lowest BCUT2D eigenvalue weighted by molar-refractivity contribution is 0.193. The van der Waals surface area contributed by atoms with E-state index in [0.29, 0.717) is 0 Å². The number of benzene rings is 1. The van der Waals surface area contributed by atoms with E-state index in [1.165, 1.54) is 0 Å². The second-order valence-corrected chi connectivity index (χ2v) is 3.35. The number of alkyl halides is 2. The summed E-state index contributed by atoms with van der Waals surface area (Å²) in [6.07, 6.45) is -0.792. The highest BCUT2D eigenvalue weighted by molar-refractivity contribution is 6.44. The predicted molar refractivity (Wildman–Crippen MR) is 46.9 cm³/mol. The van der Waals surface area contributed by atoms with Gasteiger partial charge in [0.15, 0.2) is 0 Å². The van der Waals surface area contributed by atoms with Gasteiger partial charge in [-0.25, -0.2) is 0 Å². The van der Waals surface area contributed by atoms with Gasteiger partial charge in [-0.2, -0.15) is 0 Å². The molecule has 1 aromatic carbocycles. The molecule has 0 saturated carbocycles. The van der Waals surface area contributed by atoms with Gasteiger partial charge in [0.25, 0.3) is 0 Å². The van der Waals surface area contributed by atoms with Crippen molar-refractivity contribution >= 4 is 23.2 Å². The minimum absolute atomic E-state index is 0.738. The molecule has 0 saturated heterocycles. The molecular formula is C8H8Cl2O. The topological polar surface area (TPSA) is 20.2 Å².